The number of carbonyl (C=O) groups is 1. The number of aromatic nitrogens is 2. The molecule has 0 saturated heterocycles. The molecule has 1 atom stereocenters. The van der Waals surface area contributed by atoms with Crippen molar-refractivity contribution >= 4 is 55.6 Å². The highest BCUT2D eigenvalue weighted by Gasteiger charge is 2.32. The van der Waals surface area contributed by atoms with Gasteiger partial charge in [-0.1, -0.05) is 32.5 Å². The molecule has 0 bridgehead atoms. The van der Waals surface area contributed by atoms with Crippen LogP contribution < -0.4 is 5.32 Å². The molecule has 31 heavy (non-hydrogen) atoms. The fourth-order valence-corrected chi connectivity index (χ4v) is 7.30. The maximum atomic E-state index is 12.7. The van der Waals surface area contributed by atoms with Gasteiger partial charge in [-0.05, 0) is 55.6 Å². The van der Waals surface area contributed by atoms with Gasteiger partial charge in [-0.2, -0.15) is 5.26 Å². The van der Waals surface area contributed by atoms with Gasteiger partial charge >= 0.3 is 0 Å². The highest BCUT2D eigenvalue weighted by atomic mass is 32.2. The summed E-state index contributed by atoms with van der Waals surface area (Å²) < 4.78 is 0. The number of aryl methyl sites for hydroxylation is 2. The number of nitriles is 1. The Morgan fingerprint density at radius 3 is 2.81 bits per heavy atom. The van der Waals surface area contributed by atoms with Crippen molar-refractivity contribution in [1.82, 2.24) is 9.97 Å². The van der Waals surface area contributed by atoms with Crippen molar-refractivity contribution in [2.24, 2.45) is 11.3 Å². The normalized spacial score (nSPS) is 16.2. The summed E-state index contributed by atoms with van der Waals surface area (Å²) in [4.78, 5) is 24.9. The van der Waals surface area contributed by atoms with E-state index in [-0.39, 0.29) is 17.1 Å². The SMILES string of the molecule is Cc1sc2ncnc(SCC(=O)Nc3sc4c(c3C#N)CC[C@H](C(C)(C)C)C4)c2c1C. The van der Waals surface area contributed by atoms with Crippen LogP contribution in [0, 0.1) is 36.5 Å². The molecule has 0 fully saturated rings. The quantitative estimate of drug-likeness (QED) is 0.367. The van der Waals surface area contributed by atoms with Gasteiger partial charge in [-0.25, -0.2) is 9.97 Å². The molecule has 3 heterocycles. The number of hydrogen-bond donors (Lipinski definition) is 1. The molecular weight excluding hydrogens is 444 g/mol. The van der Waals surface area contributed by atoms with E-state index in [2.05, 4.69) is 56.0 Å². The summed E-state index contributed by atoms with van der Waals surface area (Å²) in [5, 5.41) is 15.3. The molecular formula is C23H26N4OS3. The van der Waals surface area contributed by atoms with Crippen LogP contribution in [-0.4, -0.2) is 21.6 Å². The molecule has 0 radical (unpaired) electrons. The van der Waals surface area contributed by atoms with Gasteiger partial charge in [0.05, 0.1) is 11.3 Å². The smallest absolute Gasteiger partial charge is 0.235 e. The monoisotopic (exact) mass is 470 g/mol. The lowest BCUT2D eigenvalue weighted by molar-refractivity contribution is -0.113. The van der Waals surface area contributed by atoms with E-state index >= 15 is 0 Å². The fourth-order valence-electron chi connectivity index (χ4n) is 4.09. The van der Waals surface area contributed by atoms with E-state index in [0.29, 0.717) is 16.5 Å². The standard InChI is InChI=1S/C23H26N4OS3/c1-12-13(2)30-22-19(12)21(25-11-26-22)29-10-18(28)27-20-16(9-24)15-7-6-14(23(3,4)5)8-17(15)31-20/h11,14H,6-8,10H2,1-5H3,(H,27,28)/t14-/m0/s1. The van der Waals surface area contributed by atoms with E-state index in [1.807, 2.05) is 0 Å². The van der Waals surface area contributed by atoms with E-state index in [0.717, 1.165) is 40.1 Å². The van der Waals surface area contributed by atoms with Gasteiger partial charge in [0.1, 0.15) is 27.3 Å². The average Bonchev–Trinajstić information content (AvgIpc) is 3.21. The number of rotatable bonds is 4. The number of nitrogens with zero attached hydrogens (tertiary/aromatic N) is 3. The van der Waals surface area contributed by atoms with E-state index in [4.69, 9.17) is 0 Å². The Labute approximate surface area is 195 Å². The van der Waals surface area contributed by atoms with Crippen LogP contribution in [0.4, 0.5) is 5.00 Å². The number of nitrogens with one attached hydrogen (secondary N) is 1. The second-order valence-electron chi connectivity index (χ2n) is 9.10. The summed E-state index contributed by atoms with van der Waals surface area (Å²) in [6, 6.07) is 2.34. The van der Waals surface area contributed by atoms with Crippen molar-refractivity contribution in [3.05, 3.63) is 32.8 Å². The van der Waals surface area contributed by atoms with Gasteiger partial charge in [-0.3, -0.25) is 4.79 Å². The van der Waals surface area contributed by atoms with Crippen LogP contribution in [0.25, 0.3) is 10.2 Å². The Bertz CT molecular complexity index is 1200. The van der Waals surface area contributed by atoms with Gasteiger partial charge in [0, 0.05) is 15.1 Å². The second-order valence-corrected chi connectivity index (χ2v) is 12.4. The first kappa shape index (κ1) is 22.3. The lowest BCUT2D eigenvalue weighted by atomic mass is 9.72. The minimum absolute atomic E-state index is 0.108. The Morgan fingerprint density at radius 2 is 2.10 bits per heavy atom. The first-order valence-electron chi connectivity index (χ1n) is 10.4. The number of thiophene rings is 2. The predicted octanol–water partition coefficient (Wildman–Crippen LogP) is 6.12. The van der Waals surface area contributed by atoms with Gasteiger partial charge in [0.25, 0.3) is 0 Å². The van der Waals surface area contributed by atoms with Crippen molar-refractivity contribution < 1.29 is 4.79 Å². The van der Waals surface area contributed by atoms with Crippen LogP contribution in [-0.2, 0) is 17.6 Å². The predicted molar refractivity (Wildman–Crippen MR) is 130 cm³/mol. The summed E-state index contributed by atoms with van der Waals surface area (Å²) in [6.45, 7) is 11.0. The first-order chi connectivity index (χ1) is 14.7. The van der Waals surface area contributed by atoms with Crippen LogP contribution in [0.3, 0.4) is 0 Å². The zero-order chi connectivity index (χ0) is 22.3. The molecule has 3 aromatic rings. The third-order valence-corrected chi connectivity index (χ3v) is 9.40. The molecule has 1 amide bonds. The molecule has 5 nitrogen and oxygen atoms in total. The number of fused-ring (bicyclic) bond motifs is 2. The van der Waals surface area contributed by atoms with Crippen LogP contribution in [0.15, 0.2) is 11.4 Å². The average molecular weight is 471 g/mol. The topological polar surface area (TPSA) is 78.7 Å². The van der Waals surface area contributed by atoms with Gasteiger partial charge in [0.15, 0.2) is 0 Å². The third kappa shape index (κ3) is 4.36. The van der Waals surface area contributed by atoms with Crippen LogP contribution in [0.2, 0.25) is 0 Å². The molecule has 0 aromatic carbocycles. The van der Waals surface area contributed by atoms with Crippen molar-refractivity contribution in [3.8, 4) is 6.07 Å². The van der Waals surface area contributed by atoms with Crippen molar-refractivity contribution in [3.63, 3.8) is 0 Å². The lowest BCUT2D eigenvalue weighted by Gasteiger charge is -2.33. The Hall–Kier alpha value is -1.95. The summed E-state index contributed by atoms with van der Waals surface area (Å²) in [5.41, 5.74) is 3.21. The Morgan fingerprint density at radius 1 is 1.32 bits per heavy atom. The Balaban J connectivity index is 1.49. The summed E-state index contributed by atoms with van der Waals surface area (Å²) in [5.74, 6) is 0.740. The second kappa shape index (κ2) is 8.53. The van der Waals surface area contributed by atoms with Crippen molar-refractivity contribution in [2.45, 2.75) is 58.9 Å². The molecule has 0 aliphatic heterocycles. The third-order valence-electron chi connectivity index (χ3n) is 6.13. The van der Waals surface area contributed by atoms with E-state index in [1.165, 1.54) is 27.1 Å². The first-order valence-corrected chi connectivity index (χ1v) is 13.0. The zero-order valence-electron chi connectivity index (χ0n) is 18.5. The molecule has 8 heteroatoms. The molecule has 1 aliphatic carbocycles. The maximum Gasteiger partial charge on any atom is 0.235 e. The summed E-state index contributed by atoms with van der Waals surface area (Å²) in [7, 11) is 0. The number of thioether (sulfide) groups is 1. The van der Waals surface area contributed by atoms with E-state index < -0.39 is 0 Å². The minimum atomic E-state index is -0.108. The molecule has 162 valence electrons. The Kier molecular flexibility index (Phi) is 6.12. The highest BCUT2D eigenvalue weighted by Crippen LogP contribution is 2.44. The van der Waals surface area contributed by atoms with Crippen LogP contribution >= 0.6 is 34.4 Å². The van der Waals surface area contributed by atoms with Gasteiger partial charge < -0.3 is 5.32 Å². The molecule has 0 spiro atoms. The van der Waals surface area contributed by atoms with Crippen molar-refractivity contribution in [1.29, 1.82) is 5.26 Å². The number of anilines is 1. The van der Waals surface area contributed by atoms with Gasteiger partial charge in [0.2, 0.25) is 5.91 Å². The molecule has 1 N–H and O–H groups in total. The number of hydrogen-bond acceptors (Lipinski definition) is 7. The largest absolute Gasteiger partial charge is 0.316 e. The highest BCUT2D eigenvalue weighted by molar-refractivity contribution is 8.00. The van der Waals surface area contributed by atoms with Gasteiger partial charge in [-0.15, -0.1) is 22.7 Å². The molecule has 3 aromatic heterocycles. The summed E-state index contributed by atoms with van der Waals surface area (Å²) in [6.07, 6.45) is 4.55. The van der Waals surface area contributed by atoms with Crippen molar-refractivity contribution in [2.75, 3.05) is 11.1 Å². The maximum absolute atomic E-state index is 12.7. The fraction of sp³-hybridized carbons (Fsp3) is 0.478. The lowest BCUT2D eigenvalue weighted by Crippen LogP contribution is -2.26. The molecule has 4 rings (SSSR count). The molecule has 0 saturated carbocycles. The van der Waals surface area contributed by atoms with Crippen LogP contribution in [0.5, 0.6) is 0 Å². The summed E-state index contributed by atoms with van der Waals surface area (Å²) >= 11 is 4.65. The zero-order valence-corrected chi connectivity index (χ0v) is 20.9. The number of carbonyl (C=O) groups excluding carboxylic acids is 1. The van der Waals surface area contributed by atoms with E-state index in [9.17, 15) is 10.1 Å². The number of amides is 1. The minimum Gasteiger partial charge on any atom is -0.316 e. The molecule has 0 unspecified atom stereocenters. The molecule has 1 aliphatic rings. The van der Waals surface area contributed by atoms with E-state index in [1.54, 1.807) is 29.0 Å². The van der Waals surface area contributed by atoms with Crippen LogP contribution in [0.1, 0.15) is 53.6 Å².